The second-order valence-electron chi connectivity index (χ2n) is 6.68. The molecule has 0 unspecified atom stereocenters. The topological polar surface area (TPSA) is 68.0 Å². The number of carbonyl (C=O) groups excluding carboxylic acids is 1. The fourth-order valence-electron chi connectivity index (χ4n) is 2.65. The van der Waals surface area contributed by atoms with Crippen LogP contribution in [-0.4, -0.2) is 24.5 Å². The van der Waals surface area contributed by atoms with Crippen LogP contribution in [0, 0.1) is 6.92 Å². The quantitative estimate of drug-likeness (QED) is 0.454. The number of aryl methyl sites for hydroxylation is 3. The smallest absolute Gasteiger partial charge is 0.207 e. The van der Waals surface area contributed by atoms with Gasteiger partial charge in [-0.1, -0.05) is 23.8 Å². The molecule has 2 aromatic rings. The zero-order valence-corrected chi connectivity index (χ0v) is 17.9. The van der Waals surface area contributed by atoms with Gasteiger partial charge in [0.2, 0.25) is 6.41 Å². The van der Waals surface area contributed by atoms with Gasteiger partial charge in [-0.15, -0.1) is 11.3 Å². The second-order valence-corrected chi connectivity index (χ2v) is 7.92. The van der Waals surface area contributed by atoms with E-state index in [1.54, 1.807) is 0 Å². The molecule has 0 fully saturated rings. The van der Waals surface area contributed by atoms with Gasteiger partial charge < -0.3 is 11.1 Å². The summed E-state index contributed by atoms with van der Waals surface area (Å²) in [6.45, 7) is 9.42. The molecule has 148 valence electrons. The average molecular weight is 388 g/mol. The molecule has 2 heterocycles. The molecule has 3 N–H and O–H groups in total. The Morgan fingerprint density at radius 2 is 2.04 bits per heavy atom. The van der Waals surface area contributed by atoms with Crippen LogP contribution in [0.15, 0.2) is 35.9 Å². The van der Waals surface area contributed by atoms with E-state index < -0.39 is 0 Å². The minimum atomic E-state index is 0.513. The molecule has 0 spiro atoms. The average Bonchev–Trinajstić information content (AvgIpc) is 3.02. The van der Waals surface area contributed by atoms with Crippen molar-refractivity contribution in [2.24, 2.45) is 5.73 Å². The maximum atomic E-state index is 9.40. The van der Waals surface area contributed by atoms with Crippen molar-refractivity contribution < 1.29 is 4.79 Å². The van der Waals surface area contributed by atoms with Crippen molar-refractivity contribution in [2.75, 3.05) is 13.1 Å². The van der Waals surface area contributed by atoms with Crippen LogP contribution in [-0.2, 0) is 17.6 Å². The van der Waals surface area contributed by atoms with Crippen molar-refractivity contribution in [3.05, 3.63) is 52.1 Å². The van der Waals surface area contributed by atoms with E-state index in [0.29, 0.717) is 19.5 Å². The Morgan fingerprint density at radius 1 is 1.30 bits per heavy atom. The molecule has 1 aliphatic carbocycles. The highest BCUT2D eigenvalue weighted by Crippen LogP contribution is 2.28. The van der Waals surface area contributed by atoms with Crippen LogP contribution in [0.25, 0.3) is 10.2 Å². The number of nitrogens with two attached hydrogens (primary N) is 1. The first-order valence-corrected chi connectivity index (χ1v) is 10.4. The first kappa shape index (κ1) is 23.1. The number of amides is 1. The molecular weight excluding hydrogens is 354 g/mol. The van der Waals surface area contributed by atoms with Crippen molar-refractivity contribution in [2.45, 2.75) is 53.4 Å². The number of aromatic nitrogens is 1. The van der Waals surface area contributed by atoms with Crippen LogP contribution < -0.4 is 11.1 Å². The van der Waals surface area contributed by atoms with Gasteiger partial charge >= 0.3 is 0 Å². The Labute approximate surface area is 167 Å². The number of nitrogens with zero attached hydrogens (tertiary/aromatic N) is 1. The van der Waals surface area contributed by atoms with Gasteiger partial charge in [-0.2, -0.15) is 0 Å². The van der Waals surface area contributed by atoms with Crippen LogP contribution >= 0.6 is 11.3 Å². The third-order valence-electron chi connectivity index (χ3n) is 3.90. The lowest BCUT2D eigenvalue weighted by atomic mass is 9.96. The molecule has 0 saturated heterocycles. The van der Waals surface area contributed by atoms with Crippen molar-refractivity contribution in [1.29, 1.82) is 0 Å². The lowest BCUT2D eigenvalue weighted by Gasteiger charge is -2.13. The number of thiophene rings is 1. The fraction of sp³-hybridized carbons (Fsp3) is 0.455. The molecule has 0 aromatic carbocycles. The van der Waals surface area contributed by atoms with E-state index in [9.17, 15) is 4.79 Å². The van der Waals surface area contributed by atoms with E-state index in [-0.39, 0.29) is 0 Å². The van der Waals surface area contributed by atoms with Crippen LogP contribution in [0.4, 0.5) is 0 Å². The fourth-order valence-corrected chi connectivity index (χ4v) is 3.53. The van der Waals surface area contributed by atoms with Gasteiger partial charge in [0.15, 0.2) is 0 Å². The Kier molecular flexibility index (Phi) is 11.3. The van der Waals surface area contributed by atoms with Crippen molar-refractivity contribution in [3.63, 3.8) is 0 Å². The molecule has 5 heteroatoms. The SMILES string of the molecule is C/C=C\C=C(C)C.Cc1cc2cc3c(nc2s1)CCCC3.NCCNC=O. The molecular formula is C22H33N3OS. The van der Waals surface area contributed by atoms with E-state index in [0.717, 1.165) is 0 Å². The number of hydrogen-bond donors (Lipinski definition) is 2. The Balaban J connectivity index is 0.000000239. The monoisotopic (exact) mass is 387 g/mol. The van der Waals surface area contributed by atoms with E-state index in [1.807, 2.05) is 30.4 Å². The summed E-state index contributed by atoms with van der Waals surface area (Å²) in [4.78, 5) is 16.7. The molecule has 1 amide bonds. The highest BCUT2D eigenvalue weighted by molar-refractivity contribution is 7.18. The maximum absolute atomic E-state index is 9.40. The number of pyridine rings is 1. The molecule has 3 rings (SSSR count). The highest BCUT2D eigenvalue weighted by atomic mass is 32.1. The van der Waals surface area contributed by atoms with Gasteiger partial charge in [0.1, 0.15) is 4.83 Å². The van der Waals surface area contributed by atoms with Gasteiger partial charge in [-0.3, -0.25) is 4.79 Å². The zero-order chi connectivity index (χ0) is 20.1. The molecule has 1 aliphatic rings. The van der Waals surface area contributed by atoms with Gasteiger partial charge in [0.05, 0.1) is 0 Å². The van der Waals surface area contributed by atoms with Crippen LogP contribution in [0.2, 0.25) is 0 Å². The standard InChI is InChI=1S/C12H13NS.C7H12.C3H8N2O/c1-8-6-10-7-9-4-2-3-5-11(9)13-12(10)14-8;1-4-5-6-7(2)3;4-1-2-5-3-6/h6-7H,2-5H2,1H3;4-6H,1-3H3;3H,1-2,4H2,(H,5,6)/b;5-4-;. The highest BCUT2D eigenvalue weighted by Gasteiger charge is 2.12. The van der Waals surface area contributed by atoms with Crippen molar-refractivity contribution >= 4 is 28.0 Å². The molecule has 2 aromatic heterocycles. The normalized spacial score (nSPS) is 12.3. The van der Waals surface area contributed by atoms with E-state index in [4.69, 9.17) is 10.7 Å². The van der Waals surface area contributed by atoms with Crippen LogP contribution in [0.3, 0.4) is 0 Å². The predicted octanol–water partition coefficient (Wildman–Crippen LogP) is 4.70. The minimum Gasteiger partial charge on any atom is -0.357 e. The minimum absolute atomic E-state index is 0.513. The summed E-state index contributed by atoms with van der Waals surface area (Å²) in [5.41, 5.74) is 9.18. The summed E-state index contributed by atoms with van der Waals surface area (Å²) in [5.74, 6) is 0. The third kappa shape index (κ3) is 8.98. The number of hydrogen-bond acceptors (Lipinski definition) is 4. The van der Waals surface area contributed by atoms with Crippen molar-refractivity contribution in [3.8, 4) is 0 Å². The molecule has 0 atom stereocenters. The molecule has 4 nitrogen and oxygen atoms in total. The van der Waals surface area contributed by atoms with Gasteiger partial charge in [0, 0.05) is 29.0 Å². The first-order chi connectivity index (χ1) is 13.0. The third-order valence-corrected chi connectivity index (χ3v) is 4.86. The molecule has 0 saturated carbocycles. The Morgan fingerprint density at radius 3 is 2.59 bits per heavy atom. The zero-order valence-electron chi connectivity index (χ0n) is 17.0. The van der Waals surface area contributed by atoms with Crippen molar-refractivity contribution in [1.82, 2.24) is 10.3 Å². The molecule has 27 heavy (non-hydrogen) atoms. The lowest BCUT2D eigenvalue weighted by Crippen LogP contribution is -2.20. The summed E-state index contributed by atoms with van der Waals surface area (Å²) in [6, 6.07) is 4.60. The number of fused-ring (bicyclic) bond motifs is 2. The van der Waals surface area contributed by atoms with Gasteiger partial charge in [-0.25, -0.2) is 4.98 Å². The van der Waals surface area contributed by atoms with E-state index in [2.05, 4.69) is 44.3 Å². The maximum Gasteiger partial charge on any atom is 0.207 e. The summed E-state index contributed by atoms with van der Waals surface area (Å²) >= 11 is 1.81. The first-order valence-electron chi connectivity index (χ1n) is 9.54. The largest absolute Gasteiger partial charge is 0.357 e. The number of allylic oxidation sites excluding steroid dienone is 4. The van der Waals surface area contributed by atoms with Crippen LogP contribution in [0.5, 0.6) is 0 Å². The predicted molar refractivity (Wildman–Crippen MR) is 118 cm³/mol. The lowest BCUT2D eigenvalue weighted by molar-refractivity contribution is -0.109. The number of rotatable bonds is 4. The van der Waals surface area contributed by atoms with Gasteiger partial charge in [-0.05, 0) is 71.1 Å². The Hall–Kier alpha value is -1.98. The molecule has 0 aliphatic heterocycles. The summed E-state index contributed by atoms with van der Waals surface area (Å²) in [6.07, 6.45) is 11.8. The number of nitrogens with one attached hydrogen (secondary N) is 1. The number of carbonyl (C=O) groups is 1. The summed E-state index contributed by atoms with van der Waals surface area (Å²) in [5, 5.41) is 3.73. The summed E-state index contributed by atoms with van der Waals surface area (Å²) in [7, 11) is 0. The van der Waals surface area contributed by atoms with Crippen LogP contribution in [0.1, 0.15) is 49.7 Å². The Bertz CT molecular complexity index is 715. The molecule has 0 radical (unpaired) electrons. The van der Waals surface area contributed by atoms with Gasteiger partial charge in [0.25, 0.3) is 0 Å². The second kappa shape index (κ2) is 13.2. The summed E-state index contributed by atoms with van der Waals surface area (Å²) < 4.78 is 0. The van der Waals surface area contributed by atoms with E-state index in [1.165, 1.54) is 57.6 Å². The molecule has 0 bridgehead atoms. The van der Waals surface area contributed by atoms with E-state index >= 15 is 0 Å².